The minimum atomic E-state index is 0.329. The number of amides is 1. The molecule has 4 nitrogen and oxygen atoms in total. The number of piperidine rings is 1. The lowest BCUT2D eigenvalue weighted by Crippen LogP contribution is -2.49. The van der Waals surface area contributed by atoms with Crippen LogP contribution in [0, 0.1) is 11.8 Å². The molecule has 122 valence electrons. The largest absolute Gasteiger partial charge is 0.341 e. The molecule has 1 unspecified atom stereocenters. The number of hydrogen-bond acceptors (Lipinski definition) is 3. The van der Waals surface area contributed by atoms with Crippen LogP contribution in [0.3, 0.4) is 0 Å². The first-order chi connectivity index (χ1) is 10.1. The molecule has 2 aliphatic heterocycles. The van der Waals surface area contributed by atoms with E-state index in [0.29, 0.717) is 36.8 Å². The summed E-state index contributed by atoms with van der Waals surface area (Å²) in [5, 5.41) is 0. The molecule has 4 heteroatoms. The first-order valence-corrected chi connectivity index (χ1v) is 8.82. The molecule has 0 aromatic heterocycles. The molecule has 2 atom stereocenters. The highest BCUT2D eigenvalue weighted by molar-refractivity contribution is 5.76. The second kappa shape index (κ2) is 8.14. The third-order valence-electron chi connectivity index (χ3n) is 5.01. The maximum absolute atomic E-state index is 12.6. The predicted molar refractivity (Wildman–Crippen MR) is 87.0 cm³/mol. The lowest BCUT2D eigenvalue weighted by atomic mass is 9.93. The van der Waals surface area contributed by atoms with Crippen LogP contribution < -0.4 is 5.73 Å². The van der Waals surface area contributed by atoms with Crippen LogP contribution >= 0.6 is 0 Å². The van der Waals surface area contributed by atoms with Gasteiger partial charge < -0.3 is 10.6 Å². The van der Waals surface area contributed by atoms with Gasteiger partial charge in [-0.05, 0) is 63.6 Å². The Morgan fingerprint density at radius 2 is 1.90 bits per heavy atom. The molecule has 2 N–H and O–H groups in total. The van der Waals surface area contributed by atoms with Crippen LogP contribution in [0.1, 0.15) is 52.4 Å². The van der Waals surface area contributed by atoms with Crippen molar-refractivity contribution in [2.45, 2.75) is 58.4 Å². The van der Waals surface area contributed by atoms with E-state index in [-0.39, 0.29) is 0 Å². The number of nitrogens with zero attached hydrogens (tertiary/aromatic N) is 2. The fourth-order valence-corrected chi connectivity index (χ4v) is 3.89. The van der Waals surface area contributed by atoms with Crippen LogP contribution in [-0.2, 0) is 4.79 Å². The molecule has 21 heavy (non-hydrogen) atoms. The number of carbonyl (C=O) groups excluding carboxylic acids is 1. The highest BCUT2D eigenvalue weighted by Crippen LogP contribution is 2.22. The highest BCUT2D eigenvalue weighted by Gasteiger charge is 2.29. The molecule has 0 aromatic rings. The van der Waals surface area contributed by atoms with Crippen LogP contribution in [0.4, 0.5) is 0 Å². The molecule has 2 fully saturated rings. The zero-order valence-corrected chi connectivity index (χ0v) is 13.9. The Bertz CT molecular complexity index is 326. The van der Waals surface area contributed by atoms with Crippen LogP contribution in [0.25, 0.3) is 0 Å². The fraction of sp³-hybridized carbons (Fsp3) is 0.941. The topological polar surface area (TPSA) is 49.6 Å². The van der Waals surface area contributed by atoms with Gasteiger partial charge in [0.05, 0.1) is 0 Å². The Labute approximate surface area is 130 Å². The Kier molecular flexibility index (Phi) is 6.49. The quantitative estimate of drug-likeness (QED) is 0.816. The van der Waals surface area contributed by atoms with Crippen molar-refractivity contribution in [3.05, 3.63) is 0 Å². The van der Waals surface area contributed by atoms with Gasteiger partial charge in [0.1, 0.15) is 0 Å². The molecule has 0 aromatic carbocycles. The summed E-state index contributed by atoms with van der Waals surface area (Å²) in [6, 6.07) is 0.603. The molecule has 0 bridgehead atoms. The van der Waals surface area contributed by atoms with Crippen molar-refractivity contribution in [2.24, 2.45) is 17.6 Å². The Morgan fingerprint density at radius 1 is 1.19 bits per heavy atom. The molecule has 2 heterocycles. The first kappa shape index (κ1) is 16.8. The molecule has 0 spiro atoms. The Morgan fingerprint density at radius 3 is 2.52 bits per heavy atom. The van der Waals surface area contributed by atoms with Crippen molar-refractivity contribution in [1.29, 1.82) is 0 Å². The van der Waals surface area contributed by atoms with E-state index in [2.05, 4.69) is 23.6 Å². The molecule has 1 amide bonds. The molecular formula is C17H33N3O. The maximum Gasteiger partial charge on any atom is 0.222 e. The van der Waals surface area contributed by atoms with E-state index in [4.69, 9.17) is 5.73 Å². The van der Waals surface area contributed by atoms with E-state index in [1.165, 1.54) is 32.4 Å². The van der Waals surface area contributed by atoms with Crippen molar-refractivity contribution in [1.82, 2.24) is 9.80 Å². The fourth-order valence-electron chi connectivity index (χ4n) is 3.89. The van der Waals surface area contributed by atoms with Gasteiger partial charge in [-0.1, -0.05) is 13.8 Å². The third kappa shape index (κ3) is 4.96. The minimum Gasteiger partial charge on any atom is -0.341 e. The zero-order chi connectivity index (χ0) is 15.2. The molecule has 0 aliphatic carbocycles. The van der Waals surface area contributed by atoms with E-state index in [9.17, 15) is 4.79 Å². The average Bonchev–Trinajstić information content (AvgIpc) is 3.00. The van der Waals surface area contributed by atoms with Gasteiger partial charge in [-0.15, -0.1) is 0 Å². The lowest BCUT2D eigenvalue weighted by molar-refractivity contribution is -0.134. The van der Waals surface area contributed by atoms with Crippen molar-refractivity contribution < 1.29 is 4.79 Å². The van der Waals surface area contributed by atoms with Gasteiger partial charge in [0.25, 0.3) is 0 Å². The molecule has 2 aliphatic rings. The number of likely N-dealkylation sites (tertiary alicyclic amines) is 2. The van der Waals surface area contributed by atoms with E-state index >= 15 is 0 Å². The zero-order valence-electron chi connectivity index (χ0n) is 13.9. The monoisotopic (exact) mass is 295 g/mol. The summed E-state index contributed by atoms with van der Waals surface area (Å²) in [7, 11) is 0. The van der Waals surface area contributed by atoms with E-state index in [0.717, 1.165) is 25.9 Å². The summed E-state index contributed by atoms with van der Waals surface area (Å²) >= 11 is 0. The SMILES string of the molecule is CC(C)C[C@H](CN)CC(=O)N1CCCC(N2CCCC2)C1. The first-order valence-electron chi connectivity index (χ1n) is 8.82. The Hall–Kier alpha value is -0.610. The van der Waals surface area contributed by atoms with Crippen molar-refractivity contribution >= 4 is 5.91 Å². The van der Waals surface area contributed by atoms with E-state index < -0.39 is 0 Å². The molecule has 2 saturated heterocycles. The van der Waals surface area contributed by atoms with Crippen LogP contribution in [0.5, 0.6) is 0 Å². The Balaban J connectivity index is 1.83. The van der Waals surface area contributed by atoms with Crippen molar-refractivity contribution in [3.63, 3.8) is 0 Å². The number of carbonyl (C=O) groups is 1. The summed E-state index contributed by atoms with van der Waals surface area (Å²) in [5.74, 6) is 1.30. The second-order valence-electron chi connectivity index (χ2n) is 7.31. The third-order valence-corrected chi connectivity index (χ3v) is 5.01. The van der Waals surface area contributed by atoms with E-state index in [1.54, 1.807) is 0 Å². The van der Waals surface area contributed by atoms with Crippen LogP contribution in [0.15, 0.2) is 0 Å². The van der Waals surface area contributed by atoms with Gasteiger partial charge in [-0.2, -0.15) is 0 Å². The lowest BCUT2D eigenvalue weighted by Gasteiger charge is -2.38. The van der Waals surface area contributed by atoms with Gasteiger partial charge >= 0.3 is 0 Å². The van der Waals surface area contributed by atoms with Gasteiger partial charge in [0.2, 0.25) is 5.91 Å². The summed E-state index contributed by atoms with van der Waals surface area (Å²) in [6.45, 7) is 9.39. The predicted octanol–water partition coefficient (Wildman–Crippen LogP) is 2.08. The van der Waals surface area contributed by atoms with Gasteiger partial charge in [0, 0.05) is 25.6 Å². The van der Waals surface area contributed by atoms with Gasteiger partial charge in [-0.3, -0.25) is 9.69 Å². The highest BCUT2D eigenvalue weighted by atomic mass is 16.2. The number of nitrogens with two attached hydrogens (primary N) is 1. The van der Waals surface area contributed by atoms with Crippen molar-refractivity contribution in [2.75, 3.05) is 32.7 Å². The molecule has 0 saturated carbocycles. The number of hydrogen-bond donors (Lipinski definition) is 1. The molecule has 2 rings (SSSR count). The van der Waals surface area contributed by atoms with Crippen LogP contribution in [0.2, 0.25) is 0 Å². The van der Waals surface area contributed by atoms with E-state index in [1.807, 2.05) is 0 Å². The van der Waals surface area contributed by atoms with Gasteiger partial charge in [0.15, 0.2) is 0 Å². The number of rotatable bonds is 6. The minimum absolute atomic E-state index is 0.329. The molecular weight excluding hydrogens is 262 g/mol. The molecule has 0 radical (unpaired) electrons. The summed E-state index contributed by atoms with van der Waals surface area (Å²) in [6.07, 6.45) is 6.77. The average molecular weight is 295 g/mol. The van der Waals surface area contributed by atoms with Gasteiger partial charge in [-0.25, -0.2) is 0 Å². The summed E-state index contributed by atoms with van der Waals surface area (Å²) < 4.78 is 0. The van der Waals surface area contributed by atoms with Crippen molar-refractivity contribution in [3.8, 4) is 0 Å². The standard InChI is InChI=1S/C17H33N3O/c1-14(2)10-15(12-18)11-17(21)20-9-5-6-16(13-20)19-7-3-4-8-19/h14-16H,3-13,18H2,1-2H3/t15-,16?/m0/s1. The summed E-state index contributed by atoms with van der Waals surface area (Å²) in [4.78, 5) is 17.3. The summed E-state index contributed by atoms with van der Waals surface area (Å²) in [5.41, 5.74) is 5.85. The smallest absolute Gasteiger partial charge is 0.222 e. The van der Waals surface area contributed by atoms with Crippen LogP contribution in [-0.4, -0.2) is 54.5 Å². The normalized spacial score (nSPS) is 25.5. The second-order valence-corrected chi connectivity index (χ2v) is 7.31. The maximum atomic E-state index is 12.6.